The first-order valence-corrected chi connectivity index (χ1v) is 14.5. The summed E-state index contributed by atoms with van der Waals surface area (Å²) in [6.45, 7) is 3.68. The van der Waals surface area contributed by atoms with Crippen LogP contribution in [0, 0.1) is 11.8 Å². The van der Waals surface area contributed by atoms with Crippen LogP contribution in [0.4, 0.5) is 5.69 Å². The minimum atomic E-state index is -0.417. The van der Waals surface area contributed by atoms with Crippen LogP contribution in [0.25, 0.3) is 0 Å². The predicted octanol–water partition coefficient (Wildman–Crippen LogP) is 5.71. The lowest BCUT2D eigenvalue weighted by atomic mass is 9.75. The molecule has 3 fully saturated rings. The zero-order chi connectivity index (χ0) is 26.9. The summed E-state index contributed by atoms with van der Waals surface area (Å²) >= 11 is 6.46. The van der Waals surface area contributed by atoms with E-state index in [1.807, 2.05) is 30.3 Å². The summed E-state index contributed by atoms with van der Waals surface area (Å²) in [4.78, 5) is 32.2. The van der Waals surface area contributed by atoms with E-state index >= 15 is 0 Å². The monoisotopic (exact) mass is 537 g/mol. The van der Waals surface area contributed by atoms with Gasteiger partial charge < -0.3 is 19.8 Å². The number of benzene rings is 2. The Morgan fingerprint density at radius 1 is 0.895 bits per heavy atom. The summed E-state index contributed by atoms with van der Waals surface area (Å²) in [5, 5.41) is 10.3. The van der Waals surface area contributed by atoms with E-state index in [0.29, 0.717) is 28.3 Å². The fraction of sp³-hybridized carbons (Fsp3) is 0.548. The lowest BCUT2D eigenvalue weighted by molar-refractivity contribution is -0.139. The van der Waals surface area contributed by atoms with Crippen molar-refractivity contribution in [1.82, 2.24) is 9.80 Å². The van der Waals surface area contributed by atoms with Crippen LogP contribution in [0.1, 0.15) is 67.3 Å². The van der Waals surface area contributed by atoms with Gasteiger partial charge in [0.2, 0.25) is 5.91 Å². The molecule has 2 heterocycles. The summed E-state index contributed by atoms with van der Waals surface area (Å²) in [5.41, 5.74) is 2.27. The molecule has 2 aromatic carbocycles. The first-order valence-electron chi connectivity index (χ1n) is 14.1. The Hall–Kier alpha value is -2.73. The van der Waals surface area contributed by atoms with Gasteiger partial charge >= 0.3 is 0 Å². The fourth-order valence-electron chi connectivity index (χ4n) is 7.01. The minimum Gasteiger partial charge on any atom is -0.508 e. The molecule has 2 aliphatic heterocycles. The van der Waals surface area contributed by atoms with E-state index in [-0.39, 0.29) is 11.7 Å². The van der Waals surface area contributed by atoms with Crippen LogP contribution in [-0.4, -0.2) is 67.0 Å². The number of phenols is 1. The predicted molar refractivity (Wildman–Crippen MR) is 152 cm³/mol. The summed E-state index contributed by atoms with van der Waals surface area (Å²) in [5.74, 6) is 1.82. The second-order valence-corrected chi connectivity index (χ2v) is 12.1. The Morgan fingerprint density at radius 3 is 2.03 bits per heavy atom. The molecule has 0 spiro atoms. The van der Waals surface area contributed by atoms with Crippen molar-refractivity contribution in [2.45, 2.75) is 56.8 Å². The molecule has 0 aromatic heterocycles. The van der Waals surface area contributed by atoms with Gasteiger partial charge in [-0.05, 0) is 86.3 Å². The second kappa shape index (κ2) is 11.2. The normalized spacial score (nSPS) is 20.5. The van der Waals surface area contributed by atoms with Gasteiger partial charge in [-0.15, -0.1) is 0 Å². The number of amides is 2. The van der Waals surface area contributed by atoms with Crippen LogP contribution in [0.5, 0.6) is 5.75 Å². The van der Waals surface area contributed by atoms with Crippen molar-refractivity contribution in [1.29, 1.82) is 0 Å². The largest absolute Gasteiger partial charge is 0.508 e. The van der Waals surface area contributed by atoms with Crippen molar-refractivity contribution in [3.63, 3.8) is 0 Å². The molecule has 2 saturated heterocycles. The number of phenolic OH excluding ortho intramolecular Hbond substituents is 1. The maximum absolute atomic E-state index is 13.8. The van der Waals surface area contributed by atoms with Crippen molar-refractivity contribution in [2.75, 3.05) is 45.2 Å². The lowest BCUT2D eigenvalue weighted by Gasteiger charge is -2.43. The van der Waals surface area contributed by atoms with E-state index in [0.717, 1.165) is 88.8 Å². The molecule has 0 unspecified atom stereocenters. The van der Waals surface area contributed by atoms with Gasteiger partial charge in [0.05, 0.1) is 16.0 Å². The maximum Gasteiger partial charge on any atom is 0.254 e. The number of halogens is 1. The third-order valence-corrected chi connectivity index (χ3v) is 9.59. The number of rotatable bonds is 5. The van der Waals surface area contributed by atoms with E-state index in [9.17, 15) is 14.7 Å². The number of piperidine rings is 2. The van der Waals surface area contributed by atoms with E-state index in [1.165, 1.54) is 0 Å². The van der Waals surface area contributed by atoms with Crippen molar-refractivity contribution in [2.24, 2.45) is 11.8 Å². The van der Waals surface area contributed by atoms with Gasteiger partial charge in [0.15, 0.2) is 0 Å². The molecule has 1 saturated carbocycles. The number of hydrogen-bond donors (Lipinski definition) is 1. The molecule has 204 valence electrons. The summed E-state index contributed by atoms with van der Waals surface area (Å²) in [6.07, 6.45) is 8.43. The highest BCUT2D eigenvalue weighted by atomic mass is 35.5. The average Bonchev–Trinajstić information content (AvgIpc) is 3.44. The van der Waals surface area contributed by atoms with Crippen LogP contribution in [0.3, 0.4) is 0 Å². The quantitative estimate of drug-likeness (QED) is 0.530. The van der Waals surface area contributed by atoms with Gasteiger partial charge in [0.1, 0.15) is 5.75 Å². The third kappa shape index (κ3) is 5.25. The minimum absolute atomic E-state index is 0.0769. The van der Waals surface area contributed by atoms with Gasteiger partial charge in [-0.1, -0.05) is 36.6 Å². The number of aromatic hydroxyl groups is 1. The van der Waals surface area contributed by atoms with Crippen LogP contribution < -0.4 is 4.90 Å². The third-order valence-electron chi connectivity index (χ3n) is 9.27. The SMILES string of the molecule is CN(C)C(=O)c1ccc(N2CCC(C3CCN(C(=O)C4(c5ccc(O)cc5)CCCC4)CC3)CC2)cc1Cl. The van der Waals surface area contributed by atoms with Gasteiger partial charge in [0, 0.05) is 46.0 Å². The Bertz CT molecular complexity index is 1140. The van der Waals surface area contributed by atoms with Gasteiger partial charge in [-0.2, -0.15) is 0 Å². The first-order chi connectivity index (χ1) is 18.3. The molecule has 5 rings (SSSR count). The van der Waals surface area contributed by atoms with Crippen LogP contribution >= 0.6 is 11.6 Å². The number of carbonyl (C=O) groups excluding carboxylic acids is 2. The second-order valence-electron chi connectivity index (χ2n) is 11.7. The van der Waals surface area contributed by atoms with Gasteiger partial charge in [-0.25, -0.2) is 0 Å². The van der Waals surface area contributed by atoms with E-state index in [2.05, 4.69) is 9.80 Å². The van der Waals surface area contributed by atoms with E-state index in [1.54, 1.807) is 31.1 Å². The fourth-order valence-corrected chi connectivity index (χ4v) is 7.26. The zero-order valence-corrected chi connectivity index (χ0v) is 23.4. The lowest BCUT2D eigenvalue weighted by Crippen LogP contribution is -2.49. The highest BCUT2D eigenvalue weighted by Crippen LogP contribution is 2.44. The van der Waals surface area contributed by atoms with Crippen molar-refractivity contribution < 1.29 is 14.7 Å². The molecule has 38 heavy (non-hydrogen) atoms. The van der Waals surface area contributed by atoms with Crippen LogP contribution in [-0.2, 0) is 10.2 Å². The van der Waals surface area contributed by atoms with E-state index < -0.39 is 5.41 Å². The number of hydrogen-bond acceptors (Lipinski definition) is 4. The summed E-state index contributed by atoms with van der Waals surface area (Å²) < 4.78 is 0. The summed E-state index contributed by atoms with van der Waals surface area (Å²) in [7, 11) is 3.47. The van der Waals surface area contributed by atoms with Crippen LogP contribution in [0.2, 0.25) is 5.02 Å². The average molecular weight is 538 g/mol. The molecule has 2 amide bonds. The molecule has 0 radical (unpaired) electrons. The molecule has 3 aliphatic rings. The van der Waals surface area contributed by atoms with Gasteiger partial charge in [-0.3, -0.25) is 9.59 Å². The molecule has 1 aliphatic carbocycles. The van der Waals surface area contributed by atoms with Gasteiger partial charge in [0.25, 0.3) is 5.91 Å². The molecule has 0 bridgehead atoms. The topological polar surface area (TPSA) is 64.1 Å². The Balaban J connectivity index is 1.16. The molecule has 6 nitrogen and oxygen atoms in total. The maximum atomic E-state index is 13.8. The number of carbonyl (C=O) groups is 2. The van der Waals surface area contributed by atoms with Crippen molar-refractivity contribution in [3.05, 3.63) is 58.6 Å². The molecule has 7 heteroatoms. The van der Waals surface area contributed by atoms with Crippen molar-refractivity contribution in [3.8, 4) is 5.75 Å². The number of likely N-dealkylation sites (tertiary alicyclic amines) is 1. The van der Waals surface area contributed by atoms with E-state index in [4.69, 9.17) is 11.6 Å². The summed E-state index contributed by atoms with van der Waals surface area (Å²) in [6, 6.07) is 13.1. The highest BCUT2D eigenvalue weighted by molar-refractivity contribution is 6.34. The Kier molecular flexibility index (Phi) is 7.90. The highest BCUT2D eigenvalue weighted by Gasteiger charge is 2.45. The number of anilines is 1. The Labute approximate surface area is 231 Å². The molecule has 1 N–H and O–H groups in total. The molecule has 2 aromatic rings. The number of nitrogens with zero attached hydrogens (tertiary/aromatic N) is 3. The Morgan fingerprint density at radius 2 is 1.47 bits per heavy atom. The first kappa shape index (κ1) is 26.9. The zero-order valence-electron chi connectivity index (χ0n) is 22.7. The van der Waals surface area contributed by atoms with Crippen molar-refractivity contribution >= 4 is 29.1 Å². The molecular formula is C31H40ClN3O3. The van der Waals surface area contributed by atoms with Crippen LogP contribution in [0.15, 0.2) is 42.5 Å². The smallest absolute Gasteiger partial charge is 0.254 e. The molecule has 0 atom stereocenters. The standard InChI is InChI=1S/C31H40ClN3O3/c1-33(2)29(37)27-10-7-25(21-28(27)32)34-17-11-22(12-18-34)23-13-19-35(20-14-23)30(38)31(15-3-4-16-31)24-5-8-26(36)9-6-24/h5-10,21-23,36H,3-4,11-20H2,1-2H3. The molecular weight excluding hydrogens is 498 g/mol.